The third-order valence-corrected chi connectivity index (χ3v) is 5.70. The van der Waals surface area contributed by atoms with E-state index in [4.69, 9.17) is 4.74 Å². The molecule has 0 fully saturated rings. The first-order valence-corrected chi connectivity index (χ1v) is 9.77. The zero-order chi connectivity index (χ0) is 19.6. The molecule has 1 aromatic heterocycles. The van der Waals surface area contributed by atoms with Crippen LogP contribution in [0.5, 0.6) is 5.75 Å². The summed E-state index contributed by atoms with van der Waals surface area (Å²) in [6, 6.07) is 13.5. The summed E-state index contributed by atoms with van der Waals surface area (Å²) >= 11 is 1.55. The highest BCUT2D eigenvalue weighted by Gasteiger charge is 2.14. The molecule has 0 atom stereocenters. The molecule has 0 unspecified atom stereocenters. The lowest BCUT2D eigenvalue weighted by Gasteiger charge is -2.10. The van der Waals surface area contributed by atoms with E-state index < -0.39 is 0 Å². The molecule has 0 spiro atoms. The summed E-state index contributed by atoms with van der Waals surface area (Å²) in [6.07, 6.45) is 0. The first-order valence-electron chi connectivity index (χ1n) is 8.95. The summed E-state index contributed by atoms with van der Waals surface area (Å²) in [5, 5.41) is 0. The number of nitrogens with zero attached hydrogens (tertiary/aromatic N) is 2. The minimum absolute atomic E-state index is 0.243. The van der Waals surface area contributed by atoms with Crippen LogP contribution in [0.1, 0.15) is 33.3 Å². The number of aryl methyl sites for hydroxylation is 3. The predicted octanol–water partition coefficient (Wildman–Crippen LogP) is 4.91. The van der Waals surface area contributed by atoms with Gasteiger partial charge >= 0.3 is 0 Å². The number of methoxy groups -OCH3 is 1. The van der Waals surface area contributed by atoms with Gasteiger partial charge in [-0.1, -0.05) is 12.1 Å². The number of hydrogen-bond donors (Lipinski definition) is 0. The quantitative estimate of drug-likeness (QED) is 0.645. The van der Waals surface area contributed by atoms with Crippen molar-refractivity contribution in [3.63, 3.8) is 0 Å². The Hall–Kier alpha value is -2.66. The van der Waals surface area contributed by atoms with Gasteiger partial charge in [-0.15, -0.1) is 11.3 Å². The molecular formula is C22H24N2O2S. The second-order valence-corrected chi connectivity index (χ2v) is 7.66. The molecule has 1 heterocycles. The average Bonchev–Trinajstić information content (AvgIpc) is 2.98. The van der Waals surface area contributed by atoms with E-state index in [0.29, 0.717) is 5.56 Å². The number of ether oxygens (including phenoxy) is 1. The van der Waals surface area contributed by atoms with Crippen LogP contribution in [0.15, 0.2) is 47.5 Å². The lowest BCUT2D eigenvalue weighted by Crippen LogP contribution is -2.17. The Kier molecular flexibility index (Phi) is 5.61. The van der Waals surface area contributed by atoms with Crippen LogP contribution in [0.2, 0.25) is 0 Å². The Balaban J connectivity index is 2.07. The van der Waals surface area contributed by atoms with Gasteiger partial charge in [-0.25, -0.2) is 0 Å². The number of thiazole rings is 1. The van der Waals surface area contributed by atoms with Gasteiger partial charge in [-0.3, -0.25) is 4.79 Å². The van der Waals surface area contributed by atoms with E-state index in [1.165, 1.54) is 11.1 Å². The highest BCUT2D eigenvalue weighted by atomic mass is 32.1. The van der Waals surface area contributed by atoms with E-state index in [1.807, 2.05) is 0 Å². The van der Waals surface area contributed by atoms with E-state index in [2.05, 4.69) is 55.5 Å². The summed E-state index contributed by atoms with van der Waals surface area (Å²) in [5.41, 5.74) is 5.37. The summed E-state index contributed by atoms with van der Waals surface area (Å²) in [7, 11) is 1.61. The van der Waals surface area contributed by atoms with Crippen LogP contribution in [0.4, 0.5) is 0 Å². The first-order chi connectivity index (χ1) is 12.9. The fourth-order valence-electron chi connectivity index (χ4n) is 3.04. The molecule has 0 aliphatic heterocycles. The Morgan fingerprint density at radius 3 is 2.37 bits per heavy atom. The molecule has 0 aliphatic carbocycles. The first kappa shape index (κ1) is 19.1. The van der Waals surface area contributed by atoms with Gasteiger partial charge in [-0.2, -0.15) is 4.99 Å². The fraction of sp³-hybridized carbons (Fsp3) is 0.273. The Labute approximate surface area is 163 Å². The molecule has 0 saturated heterocycles. The van der Waals surface area contributed by atoms with Gasteiger partial charge in [0.2, 0.25) is 0 Å². The van der Waals surface area contributed by atoms with Gasteiger partial charge in [0.05, 0.1) is 12.8 Å². The van der Waals surface area contributed by atoms with E-state index in [1.54, 1.807) is 42.7 Å². The number of amides is 1. The van der Waals surface area contributed by atoms with E-state index in [9.17, 15) is 4.79 Å². The molecule has 0 saturated carbocycles. The molecule has 5 heteroatoms. The molecule has 0 bridgehead atoms. The van der Waals surface area contributed by atoms with Gasteiger partial charge in [0, 0.05) is 17.0 Å². The molecule has 3 rings (SSSR count). The van der Waals surface area contributed by atoms with Crippen molar-refractivity contribution in [2.45, 2.75) is 34.2 Å². The number of benzene rings is 2. The predicted molar refractivity (Wildman–Crippen MR) is 111 cm³/mol. The van der Waals surface area contributed by atoms with Crippen LogP contribution in [-0.4, -0.2) is 17.6 Å². The Morgan fingerprint density at radius 1 is 1.07 bits per heavy atom. The van der Waals surface area contributed by atoms with Crippen LogP contribution < -0.4 is 9.54 Å². The molecule has 0 radical (unpaired) electrons. The normalized spacial score (nSPS) is 11.7. The topological polar surface area (TPSA) is 43.6 Å². The minimum Gasteiger partial charge on any atom is -0.497 e. The van der Waals surface area contributed by atoms with E-state index in [0.717, 1.165) is 33.2 Å². The maximum Gasteiger partial charge on any atom is 0.279 e. The molecule has 1 amide bonds. The summed E-state index contributed by atoms with van der Waals surface area (Å²) in [4.78, 5) is 18.9. The number of hydrogen-bond acceptors (Lipinski definition) is 3. The second-order valence-electron chi connectivity index (χ2n) is 6.48. The van der Waals surface area contributed by atoms with E-state index in [-0.39, 0.29) is 5.91 Å². The highest BCUT2D eigenvalue weighted by Crippen LogP contribution is 2.27. The van der Waals surface area contributed by atoms with Crippen LogP contribution in [-0.2, 0) is 6.54 Å². The van der Waals surface area contributed by atoms with Gasteiger partial charge in [0.1, 0.15) is 5.75 Å². The van der Waals surface area contributed by atoms with Crippen LogP contribution >= 0.6 is 11.3 Å². The van der Waals surface area contributed by atoms with Crippen molar-refractivity contribution in [2.24, 2.45) is 4.99 Å². The van der Waals surface area contributed by atoms with Crippen molar-refractivity contribution in [2.75, 3.05) is 7.11 Å². The van der Waals surface area contributed by atoms with Gasteiger partial charge in [0.25, 0.3) is 5.91 Å². The van der Waals surface area contributed by atoms with Crippen molar-refractivity contribution in [1.82, 2.24) is 4.57 Å². The average molecular weight is 381 g/mol. The smallest absolute Gasteiger partial charge is 0.279 e. The third kappa shape index (κ3) is 3.88. The number of carbonyl (C=O) groups is 1. The Bertz CT molecular complexity index is 1040. The maximum atomic E-state index is 12.6. The second kappa shape index (κ2) is 7.92. The standard InChI is InChI=1S/C22H24N2O2S/c1-6-24-20(18-8-7-14(2)15(3)13-18)16(4)27-22(24)23-21(25)17-9-11-19(26-5)12-10-17/h7-13H,6H2,1-5H3. The molecule has 3 aromatic rings. The molecule has 4 nitrogen and oxygen atoms in total. The zero-order valence-electron chi connectivity index (χ0n) is 16.4. The maximum absolute atomic E-state index is 12.6. The van der Waals surface area contributed by atoms with Crippen LogP contribution in [0.25, 0.3) is 11.3 Å². The molecule has 27 heavy (non-hydrogen) atoms. The molecule has 0 aliphatic rings. The Morgan fingerprint density at radius 2 is 1.78 bits per heavy atom. The number of carbonyl (C=O) groups excluding carboxylic acids is 1. The lowest BCUT2D eigenvalue weighted by molar-refractivity contribution is 0.0998. The zero-order valence-corrected chi connectivity index (χ0v) is 17.2. The van der Waals surface area contributed by atoms with Gasteiger partial charge in [0.15, 0.2) is 4.80 Å². The van der Waals surface area contributed by atoms with E-state index >= 15 is 0 Å². The fourth-order valence-corrected chi connectivity index (χ4v) is 4.09. The molecule has 2 aromatic carbocycles. The van der Waals surface area contributed by atoms with Crippen molar-refractivity contribution in [3.05, 3.63) is 68.8 Å². The lowest BCUT2D eigenvalue weighted by atomic mass is 10.0. The number of rotatable bonds is 4. The van der Waals surface area contributed by atoms with Gasteiger partial charge in [-0.05, 0) is 74.7 Å². The van der Waals surface area contributed by atoms with Crippen LogP contribution in [0, 0.1) is 20.8 Å². The SMILES string of the molecule is CCn1c(-c2ccc(C)c(C)c2)c(C)sc1=NC(=O)c1ccc(OC)cc1. The van der Waals surface area contributed by atoms with Crippen molar-refractivity contribution in [1.29, 1.82) is 0 Å². The highest BCUT2D eigenvalue weighted by molar-refractivity contribution is 7.09. The summed E-state index contributed by atoms with van der Waals surface area (Å²) < 4.78 is 7.26. The summed E-state index contributed by atoms with van der Waals surface area (Å²) in [5.74, 6) is 0.479. The third-order valence-electron chi connectivity index (χ3n) is 4.71. The molecule has 140 valence electrons. The molecular weight excluding hydrogens is 356 g/mol. The summed E-state index contributed by atoms with van der Waals surface area (Å²) in [6.45, 7) is 9.14. The largest absolute Gasteiger partial charge is 0.497 e. The monoisotopic (exact) mass is 380 g/mol. The molecule has 0 N–H and O–H groups in total. The van der Waals surface area contributed by atoms with Crippen molar-refractivity contribution < 1.29 is 9.53 Å². The van der Waals surface area contributed by atoms with Crippen molar-refractivity contribution >= 4 is 17.2 Å². The minimum atomic E-state index is -0.243. The van der Waals surface area contributed by atoms with Crippen LogP contribution in [0.3, 0.4) is 0 Å². The van der Waals surface area contributed by atoms with Gasteiger partial charge < -0.3 is 9.30 Å². The van der Waals surface area contributed by atoms with Crippen molar-refractivity contribution in [3.8, 4) is 17.0 Å². The number of aromatic nitrogens is 1.